The molecule has 3 nitrogen and oxygen atoms in total. The van der Waals surface area contributed by atoms with Crippen LogP contribution in [0.1, 0.15) is 25.0 Å². The molecule has 2 aromatic rings. The molecular weight excluding hydrogens is 328 g/mol. The summed E-state index contributed by atoms with van der Waals surface area (Å²) in [5.41, 5.74) is 9.13. The fourth-order valence-corrected chi connectivity index (χ4v) is 3.34. The number of amides is 1. The summed E-state index contributed by atoms with van der Waals surface area (Å²) < 4.78 is 0.928. The summed E-state index contributed by atoms with van der Waals surface area (Å²) in [5, 5.41) is 0. The number of para-hydroxylation sites is 1. The van der Waals surface area contributed by atoms with Crippen molar-refractivity contribution in [1.82, 2.24) is 0 Å². The van der Waals surface area contributed by atoms with Crippen LogP contribution in [0.3, 0.4) is 0 Å². The summed E-state index contributed by atoms with van der Waals surface area (Å²) in [6.07, 6.45) is 0. The summed E-state index contributed by atoms with van der Waals surface area (Å²) in [5.74, 6) is 0.132. The van der Waals surface area contributed by atoms with Gasteiger partial charge in [-0.1, -0.05) is 40.2 Å². The van der Waals surface area contributed by atoms with Crippen molar-refractivity contribution in [3.63, 3.8) is 0 Å². The van der Waals surface area contributed by atoms with Crippen molar-refractivity contribution in [2.75, 3.05) is 10.6 Å². The molecule has 0 aliphatic carbocycles. The molecule has 0 unspecified atom stereocenters. The summed E-state index contributed by atoms with van der Waals surface area (Å²) in [6, 6.07) is 13.7. The maximum atomic E-state index is 12.8. The van der Waals surface area contributed by atoms with E-state index in [1.165, 1.54) is 0 Å². The number of hydrogen-bond acceptors (Lipinski definition) is 2. The Bertz CT molecular complexity index is 724. The number of hydrogen-bond donors (Lipinski definition) is 1. The van der Waals surface area contributed by atoms with Crippen LogP contribution in [-0.4, -0.2) is 5.91 Å². The van der Waals surface area contributed by atoms with Crippen LogP contribution in [0.15, 0.2) is 46.9 Å². The molecule has 2 aromatic carbocycles. The molecule has 0 spiro atoms. The first kappa shape index (κ1) is 14.1. The lowest BCUT2D eigenvalue weighted by Gasteiger charge is -2.21. The minimum atomic E-state index is -0.475. The number of benzene rings is 2. The van der Waals surface area contributed by atoms with E-state index in [9.17, 15) is 4.79 Å². The number of nitrogen functional groups attached to an aromatic ring is 1. The number of carbonyl (C=O) groups is 1. The normalized spacial score (nSPS) is 16.1. The highest BCUT2D eigenvalue weighted by Gasteiger charge is 2.43. The van der Waals surface area contributed by atoms with Crippen LogP contribution in [0.4, 0.5) is 11.4 Å². The van der Waals surface area contributed by atoms with Crippen LogP contribution in [0.2, 0.25) is 0 Å². The molecule has 0 aromatic heterocycles. The molecule has 0 saturated carbocycles. The highest BCUT2D eigenvalue weighted by molar-refractivity contribution is 9.10. The van der Waals surface area contributed by atoms with Gasteiger partial charge in [-0.2, -0.15) is 0 Å². The Labute approximate surface area is 132 Å². The van der Waals surface area contributed by atoms with Gasteiger partial charge in [0.1, 0.15) is 0 Å². The van der Waals surface area contributed by atoms with E-state index in [1.54, 1.807) is 0 Å². The summed E-state index contributed by atoms with van der Waals surface area (Å²) >= 11 is 3.52. The van der Waals surface area contributed by atoms with Crippen LogP contribution in [0.5, 0.6) is 0 Å². The maximum absolute atomic E-state index is 12.8. The Balaban J connectivity index is 2.02. The summed E-state index contributed by atoms with van der Waals surface area (Å²) in [7, 11) is 0. The van der Waals surface area contributed by atoms with Gasteiger partial charge in [0.25, 0.3) is 0 Å². The molecular formula is C17H17BrN2O. The van der Waals surface area contributed by atoms with E-state index in [-0.39, 0.29) is 5.91 Å². The van der Waals surface area contributed by atoms with Gasteiger partial charge in [0.15, 0.2) is 0 Å². The molecule has 3 rings (SSSR count). The Morgan fingerprint density at radius 2 is 1.90 bits per heavy atom. The van der Waals surface area contributed by atoms with Gasteiger partial charge >= 0.3 is 0 Å². The van der Waals surface area contributed by atoms with Crippen LogP contribution in [0, 0.1) is 0 Å². The summed E-state index contributed by atoms with van der Waals surface area (Å²) in [6.45, 7) is 4.50. The highest BCUT2D eigenvalue weighted by Crippen LogP contribution is 2.42. The molecule has 1 aliphatic rings. The molecule has 0 saturated heterocycles. The molecule has 2 N–H and O–H groups in total. The standard InChI is InChI=1S/C17H17BrN2O/c1-17(2)13-5-3-4-6-15(13)20(16(17)21)10-11-7-8-12(19)9-14(11)18/h3-9H,10,19H2,1-2H3. The Morgan fingerprint density at radius 3 is 2.62 bits per heavy atom. The van der Waals surface area contributed by atoms with Crippen LogP contribution in [-0.2, 0) is 16.8 Å². The van der Waals surface area contributed by atoms with Crippen molar-refractivity contribution in [1.29, 1.82) is 0 Å². The number of rotatable bonds is 2. The van der Waals surface area contributed by atoms with Gasteiger partial charge < -0.3 is 10.6 Å². The van der Waals surface area contributed by atoms with Crippen molar-refractivity contribution < 1.29 is 4.79 Å². The Hall–Kier alpha value is -1.81. The third-order valence-corrected chi connectivity index (χ3v) is 4.79. The third-order valence-electron chi connectivity index (χ3n) is 4.05. The van der Waals surface area contributed by atoms with Crippen LogP contribution < -0.4 is 10.6 Å². The molecule has 1 aliphatic heterocycles. The van der Waals surface area contributed by atoms with Gasteiger partial charge in [-0.15, -0.1) is 0 Å². The quantitative estimate of drug-likeness (QED) is 0.841. The Kier molecular flexibility index (Phi) is 3.29. The van der Waals surface area contributed by atoms with E-state index >= 15 is 0 Å². The molecule has 21 heavy (non-hydrogen) atoms. The van der Waals surface area contributed by atoms with Crippen LogP contribution >= 0.6 is 15.9 Å². The lowest BCUT2D eigenvalue weighted by atomic mass is 9.86. The lowest BCUT2D eigenvalue weighted by Crippen LogP contribution is -2.35. The first-order valence-corrected chi connectivity index (χ1v) is 7.66. The molecule has 1 heterocycles. The minimum Gasteiger partial charge on any atom is -0.399 e. The largest absolute Gasteiger partial charge is 0.399 e. The van der Waals surface area contributed by atoms with Crippen molar-refractivity contribution in [2.24, 2.45) is 0 Å². The first-order valence-electron chi connectivity index (χ1n) is 6.86. The van der Waals surface area contributed by atoms with Gasteiger partial charge in [0, 0.05) is 15.8 Å². The molecule has 108 valence electrons. The zero-order valence-corrected chi connectivity index (χ0v) is 13.6. The lowest BCUT2D eigenvalue weighted by molar-refractivity contribution is -0.122. The Morgan fingerprint density at radius 1 is 1.19 bits per heavy atom. The minimum absolute atomic E-state index is 0.132. The van der Waals surface area contributed by atoms with E-state index in [4.69, 9.17) is 5.73 Å². The predicted molar refractivity (Wildman–Crippen MR) is 89.2 cm³/mol. The van der Waals surface area contributed by atoms with Gasteiger partial charge in [0.2, 0.25) is 5.91 Å². The van der Waals surface area contributed by atoms with E-state index in [0.29, 0.717) is 12.2 Å². The van der Waals surface area contributed by atoms with Crippen molar-refractivity contribution in [2.45, 2.75) is 25.8 Å². The van der Waals surface area contributed by atoms with E-state index < -0.39 is 5.41 Å². The number of halogens is 1. The van der Waals surface area contributed by atoms with E-state index in [1.807, 2.05) is 61.2 Å². The first-order chi connectivity index (χ1) is 9.91. The second-order valence-electron chi connectivity index (χ2n) is 5.88. The highest BCUT2D eigenvalue weighted by atomic mass is 79.9. The van der Waals surface area contributed by atoms with Gasteiger partial charge in [-0.25, -0.2) is 0 Å². The zero-order chi connectivity index (χ0) is 15.2. The average Bonchev–Trinajstić information content (AvgIpc) is 2.63. The molecule has 4 heteroatoms. The second kappa shape index (κ2) is 4.88. The predicted octanol–water partition coefficient (Wildman–Crippen LogP) is 3.86. The van der Waals surface area contributed by atoms with E-state index in [2.05, 4.69) is 15.9 Å². The monoisotopic (exact) mass is 344 g/mol. The van der Waals surface area contributed by atoms with E-state index in [0.717, 1.165) is 21.3 Å². The number of nitrogens with zero attached hydrogens (tertiary/aromatic N) is 1. The topological polar surface area (TPSA) is 46.3 Å². The maximum Gasteiger partial charge on any atom is 0.237 e. The molecule has 1 amide bonds. The van der Waals surface area contributed by atoms with Gasteiger partial charge in [0.05, 0.1) is 12.0 Å². The number of nitrogens with two attached hydrogens (primary N) is 1. The number of fused-ring (bicyclic) bond motifs is 1. The summed E-state index contributed by atoms with van der Waals surface area (Å²) in [4.78, 5) is 14.6. The van der Waals surface area contributed by atoms with Crippen molar-refractivity contribution in [3.8, 4) is 0 Å². The molecule has 0 bridgehead atoms. The number of anilines is 2. The fraction of sp³-hybridized carbons (Fsp3) is 0.235. The third kappa shape index (κ3) is 2.23. The molecule has 0 fully saturated rings. The molecule has 0 radical (unpaired) electrons. The molecule has 0 atom stereocenters. The number of carbonyl (C=O) groups excluding carboxylic acids is 1. The van der Waals surface area contributed by atoms with Crippen molar-refractivity contribution in [3.05, 3.63) is 58.1 Å². The van der Waals surface area contributed by atoms with Gasteiger partial charge in [-0.3, -0.25) is 4.79 Å². The second-order valence-corrected chi connectivity index (χ2v) is 6.74. The SMILES string of the molecule is CC1(C)C(=O)N(Cc2ccc(N)cc2Br)c2ccccc21. The zero-order valence-electron chi connectivity index (χ0n) is 12.1. The average molecular weight is 345 g/mol. The van der Waals surface area contributed by atoms with Gasteiger partial charge in [-0.05, 0) is 43.2 Å². The fourth-order valence-electron chi connectivity index (χ4n) is 2.82. The smallest absolute Gasteiger partial charge is 0.237 e. The van der Waals surface area contributed by atoms with Crippen molar-refractivity contribution >= 4 is 33.2 Å². The van der Waals surface area contributed by atoms with Crippen LogP contribution in [0.25, 0.3) is 0 Å².